The number of ether oxygens (including phenoxy) is 2. The van der Waals surface area contributed by atoms with Gasteiger partial charge in [-0.3, -0.25) is 4.79 Å². The third kappa shape index (κ3) is 3.77. The highest BCUT2D eigenvalue weighted by atomic mass is 16.5. The summed E-state index contributed by atoms with van der Waals surface area (Å²) >= 11 is 0. The van der Waals surface area contributed by atoms with Gasteiger partial charge in [-0.05, 0) is 30.2 Å². The van der Waals surface area contributed by atoms with Crippen LogP contribution in [-0.2, 0) is 11.2 Å². The van der Waals surface area contributed by atoms with Crippen molar-refractivity contribution in [3.8, 4) is 5.75 Å². The second kappa shape index (κ2) is 7.57. The Labute approximate surface area is 148 Å². The van der Waals surface area contributed by atoms with Crippen molar-refractivity contribution in [2.24, 2.45) is 0 Å². The minimum atomic E-state index is -0.218. The van der Waals surface area contributed by atoms with E-state index in [1.165, 1.54) is 0 Å². The molecule has 1 heterocycles. The normalized spacial score (nSPS) is 19.8. The van der Waals surface area contributed by atoms with Crippen LogP contribution in [0.25, 0.3) is 0 Å². The monoisotopic (exact) mass is 340 g/mol. The molecule has 0 radical (unpaired) electrons. The highest BCUT2D eigenvalue weighted by Crippen LogP contribution is 2.24. The summed E-state index contributed by atoms with van der Waals surface area (Å²) in [5, 5.41) is 0. The Bertz CT molecular complexity index is 747. The third-order valence-electron chi connectivity index (χ3n) is 4.58. The summed E-state index contributed by atoms with van der Waals surface area (Å²) < 4.78 is 11.6. The Kier molecular flexibility index (Phi) is 5.24. The number of aryl methyl sites for hydroxylation is 1. The van der Waals surface area contributed by atoms with Gasteiger partial charge in [-0.1, -0.05) is 31.2 Å². The predicted molar refractivity (Wildman–Crippen MR) is 97.8 cm³/mol. The first kappa shape index (κ1) is 17.3. The lowest BCUT2D eigenvalue weighted by Crippen LogP contribution is -2.32. The number of amides is 1. The van der Waals surface area contributed by atoms with E-state index in [1.807, 2.05) is 42.5 Å². The molecule has 3 rings (SSSR count). The van der Waals surface area contributed by atoms with Crippen LogP contribution in [-0.4, -0.2) is 43.2 Å². The molecule has 5 heteroatoms. The van der Waals surface area contributed by atoms with Crippen LogP contribution in [0.4, 0.5) is 5.69 Å². The molecule has 1 aliphatic rings. The molecule has 2 N–H and O–H groups in total. The zero-order chi connectivity index (χ0) is 17.8. The Balaban J connectivity index is 1.75. The maximum absolute atomic E-state index is 12.9. The van der Waals surface area contributed by atoms with Gasteiger partial charge in [0.1, 0.15) is 18.0 Å². The Hall–Kier alpha value is -2.53. The van der Waals surface area contributed by atoms with Crippen LogP contribution < -0.4 is 10.5 Å². The Morgan fingerprint density at radius 2 is 1.92 bits per heavy atom. The van der Waals surface area contributed by atoms with Gasteiger partial charge in [0.15, 0.2) is 0 Å². The molecular formula is C20H24N2O3. The van der Waals surface area contributed by atoms with E-state index in [-0.39, 0.29) is 18.1 Å². The van der Waals surface area contributed by atoms with E-state index in [4.69, 9.17) is 15.2 Å². The van der Waals surface area contributed by atoms with Gasteiger partial charge in [0.2, 0.25) is 0 Å². The maximum Gasteiger partial charge on any atom is 0.254 e. The number of rotatable bonds is 5. The molecule has 0 aromatic heterocycles. The van der Waals surface area contributed by atoms with Crippen LogP contribution in [0, 0.1) is 0 Å². The minimum absolute atomic E-state index is 0.0261. The molecular weight excluding hydrogens is 316 g/mol. The molecule has 0 bridgehead atoms. The molecule has 1 fully saturated rings. The number of carbonyl (C=O) groups is 1. The second-order valence-corrected chi connectivity index (χ2v) is 6.22. The molecule has 0 aliphatic carbocycles. The third-order valence-corrected chi connectivity index (χ3v) is 4.58. The number of nitrogens with zero attached hydrogens (tertiary/aromatic N) is 1. The van der Waals surface area contributed by atoms with Gasteiger partial charge in [-0.2, -0.15) is 0 Å². The van der Waals surface area contributed by atoms with Crippen molar-refractivity contribution in [2.45, 2.75) is 25.6 Å². The molecule has 0 saturated carbocycles. The molecule has 1 saturated heterocycles. The van der Waals surface area contributed by atoms with Crippen LogP contribution in [0.15, 0.2) is 48.5 Å². The average molecular weight is 340 g/mol. The molecule has 0 unspecified atom stereocenters. The molecule has 2 atom stereocenters. The molecule has 25 heavy (non-hydrogen) atoms. The summed E-state index contributed by atoms with van der Waals surface area (Å²) in [7, 11) is 1.65. The predicted octanol–water partition coefficient (Wildman–Crippen LogP) is 2.75. The van der Waals surface area contributed by atoms with Crippen molar-refractivity contribution in [1.82, 2.24) is 4.90 Å². The van der Waals surface area contributed by atoms with E-state index >= 15 is 0 Å². The average Bonchev–Trinajstić information content (AvgIpc) is 3.04. The minimum Gasteiger partial charge on any atom is -0.486 e. The number of hydrogen-bond donors (Lipinski definition) is 1. The van der Waals surface area contributed by atoms with Gasteiger partial charge in [-0.25, -0.2) is 0 Å². The topological polar surface area (TPSA) is 64.8 Å². The van der Waals surface area contributed by atoms with E-state index in [9.17, 15) is 4.79 Å². The molecule has 1 aliphatic heterocycles. The highest BCUT2D eigenvalue weighted by molar-refractivity contribution is 5.96. The standard InChI is InChI=1S/C20H24N2O3/c1-3-14-7-4-5-10-17(14)20(23)22-12-18(24-2)19(13-22)25-16-9-6-8-15(21)11-16/h4-11,18-19H,3,12-13,21H2,1-2H3/t18-,19-/m1/s1. The van der Waals surface area contributed by atoms with E-state index < -0.39 is 0 Å². The summed E-state index contributed by atoms with van der Waals surface area (Å²) in [6.07, 6.45) is 0.441. The first-order chi connectivity index (χ1) is 12.1. The molecule has 132 valence electrons. The van der Waals surface area contributed by atoms with Crippen molar-refractivity contribution < 1.29 is 14.3 Å². The van der Waals surface area contributed by atoms with Crippen LogP contribution in [0.5, 0.6) is 5.75 Å². The van der Waals surface area contributed by atoms with Gasteiger partial charge >= 0.3 is 0 Å². The maximum atomic E-state index is 12.9. The van der Waals surface area contributed by atoms with E-state index in [0.29, 0.717) is 24.5 Å². The van der Waals surface area contributed by atoms with Crippen LogP contribution >= 0.6 is 0 Å². The lowest BCUT2D eigenvalue weighted by Gasteiger charge is -2.19. The summed E-state index contributed by atoms with van der Waals surface area (Å²) in [6, 6.07) is 15.0. The van der Waals surface area contributed by atoms with E-state index in [1.54, 1.807) is 18.1 Å². The fourth-order valence-electron chi connectivity index (χ4n) is 3.22. The molecule has 2 aromatic carbocycles. The lowest BCUT2D eigenvalue weighted by molar-refractivity contribution is 0.0340. The summed E-state index contributed by atoms with van der Waals surface area (Å²) in [5.41, 5.74) is 8.27. The second-order valence-electron chi connectivity index (χ2n) is 6.22. The van der Waals surface area contributed by atoms with Crippen molar-refractivity contribution in [3.05, 3.63) is 59.7 Å². The lowest BCUT2D eigenvalue weighted by atomic mass is 10.0. The van der Waals surface area contributed by atoms with Crippen molar-refractivity contribution >= 4 is 11.6 Å². The number of carbonyl (C=O) groups excluding carboxylic acids is 1. The number of methoxy groups -OCH3 is 1. The van der Waals surface area contributed by atoms with Crippen molar-refractivity contribution in [1.29, 1.82) is 0 Å². The van der Waals surface area contributed by atoms with E-state index in [2.05, 4.69) is 6.92 Å². The summed E-state index contributed by atoms with van der Waals surface area (Å²) in [5.74, 6) is 0.716. The quantitative estimate of drug-likeness (QED) is 0.850. The number of anilines is 1. The number of nitrogens with two attached hydrogens (primary N) is 1. The SMILES string of the molecule is CCc1ccccc1C(=O)N1C[C@@H](OC)[C@H](Oc2cccc(N)c2)C1. The summed E-state index contributed by atoms with van der Waals surface area (Å²) in [4.78, 5) is 14.7. The van der Waals surface area contributed by atoms with Crippen LogP contribution in [0.1, 0.15) is 22.8 Å². The number of nitrogen functional groups attached to an aromatic ring is 1. The zero-order valence-corrected chi connectivity index (χ0v) is 14.6. The smallest absolute Gasteiger partial charge is 0.254 e. The largest absolute Gasteiger partial charge is 0.486 e. The van der Waals surface area contributed by atoms with Gasteiger partial charge in [0.05, 0.1) is 13.1 Å². The molecule has 5 nitrogen and oxygen atoms in total. The fraction of sp³-hybridized carbons (Fsp3) is 0.350. The van der Waals surface area contributed by atoms with Gasteiger partial charge in [0.25, 0.3) is 5.91 Å². The van der Waals surface area contributed by atoms with E-state index in [0.717, 1.165) is 17.5 Å². The molecule has 0 spiro atoms. The first-order valence-corrected chi connectivity index (χ1v) is 8.54. The van der Waals surface area contributed by atoms with Crippen molar-refractivity contribution in [3.63, 3.8) is 0 Å². The van der Waals surface area contributed by atoms with Gasteiger partial charge in [0, 0.05) is 24.4 Å². The zero-order valence-electron chi connectivity index (χ0n) is 14.6. The number of hydrogen-bond acceptors (Lipinski definition) is 4. The Morgan fingerprint density at radius 3 is 2.64 bits per heavy atom. The summed E-state index contributed by atoms with van der Waals surface area (Å²) in [6.45, 7) is 3.06. The van der Waals surface area contributed by atoms with Crippen LogP contribution in [0.2, 0.25) is 0 Å². The van der Waals surface area contributed by atoms with Crippen molar-refractivity contribution in [2.75, 3.05) is 25.9 Å². The number of likely N-dealkylation sites (tertiary alicyclic amines) is 1. The highest BCUT2D eigenvalue weighted by Gasteiger charge is 2.37. The Morgan fingerprint density at radius 1 is 1.16 bits per heavy atom. The van der Waals surface area contributed by atoms with Gasteiger partial charge in [-0.15, -0.1) is 0 Å². The van der Waals surface area contributed by atoms with Crippen LogP contribution in [0.3, 0.4) is 0 Å². The van der Waals surface area contributed by atoms with Gasteiger partial charge < -0.3 is 20.1 Å². The molecule has 1 amide bonds. The molecule has 2 aromatic rings. The fourth-order valence-corrected chi connectivity index (χ4v) is 3.22. The number of benzene rings is 2. The first-order valence-electron chi connectivity index (χ1n) is 8.54.